The fraction of sp³-hybridized carbons (Fsp3) is 0.520. The number of likely N-dealkylation sites (tertiary alicyclic amines) is 1. The molecule has 1 aliphatic heterocycles. The quantitative estimate of drug-likeness (QED) is 0.506. The predicted molar refractivity (Wildman–Crippen MR) is 127 cm³/mol. The first-order chi connectivity index (χ1) is 14.1. The molecule has 2 aromatic carbocycles. The Balaban J connectivity index is 1.43. The zero-order valence-corrected chi connectivity index (χ0v) is 19.5. The largest absolute Gasteiger partial charge is 0.390 e. The van der Waals surface area contributed by atoms with Crippen LogP contribution in [-0.2, 0) is 6.54 Å². The van der Waals surface area contributed by atoms with Crippen LogP contribution in [0.3, 0.4) is 0 Å². The zero-order chi connectivity index (χ0) is 21.3. The van der Waals surface area contributed by atoms with Gasteiger partial charge in [-0.25, -0.2) is 0 Å². The number of aromatic nitrogens is 1. The van der Waals surface area contributed by atoms with E-state index in [0.717, 1.165) is 34.9 Å². The number of β-amino-alcohol motifs (C(OH)–C–C–N with tert-alkyl or cyclic N) is 1. The first kappa shape index (κ1) is 20.6. The Kier molecular flexibility index (Phi) is 4.90. The van der Waals surface area contributed by atoms with Gasteiger partial charge in [0.05, 0.1) is 12.6 Å². The molecule has 2 fully saturated rings. The van der Waals surface area contributed by atoms with Gasteiger partial charge in [-0.3, -0.25) is 4.90 Å². The summed E-state index contributed by atoms with van der Waals surface area (Å²) in [4.78, 5) is 2.54. The normalized spacial score (nSPS) is 27.2. The van der Waals surface area contributed by atoms with E-state index >= 15 is 0 Å². The van der Waals surface area contributed by atoms with Crippen molar-refractivity contribution in [2.45, 2.75) is 58.7 Å². The summed E-state index contributed by atoms with van der Waals surface area (Å²) in [5.41, 5.74) is 2.95. The molecule has 3 nitrogen and oxygen atoms in total. The molecule has 2 aliphatic rings. The van der Waals surface area contributed by atoms with Crippen molar-refractivity contribution in [1.29, 1.82) is 0 Å². The van der Waals surface area contributed by atoms with Gasteiger partial charge in [0.2, 0.25) is 0 Å². The van der Waals surface area contributed by atoms with Gasteiger partial charge in [0.25, 0.3) is 0 Å². The molecule has 1 aromatic heterocycles. The van der Waals surface area contributed by atoms with E-state index in [1.807, 2.05) is 36.4 Å². The van der Waals surface area contributed by atoms with Gasteiger partial charge in [-0.15, -0.1) is 0 Å². The molecule has 0 radical (unpaired) electrons. The van der Waals surface area contributed by atoms with Crippen molar-refractivity contribution in [3.05, 3.63) is 46.4 Å². The fourth-order valence-corrected chi connectivity index (χ4v) is 6.92. The van der Waals surface area contributed by atoms with Gasteiger partial charge in [0, 0.05) is 51.0 Å². The van der Waals surface area contributed by atoms with Crippen LogP contribution in [0.4, 0.5) is 0 Å². The van der Waals surface area contributed by atoms with E-state index in [1.165, 1.54) is 19.3 Å². The first-order valence-electron chi connectivity index (χ1n) is 10.9. The van der Waals surface area contributed by atoms with Crippen LogP contribution in [0.1, 0.15) is 40.0 Å². The van der Waals surface area contributed by atoms with Gasteiger partial charge in [-0.05, 0) is 66.5 Å². The molecule has 0 amide bonds. The monoisotopic (exact) mass is 444 g/mol. The Morgan fingerprint density at radius 2 is 1.57 bits per heavy atom. The van der Waals surface area contributed by atoms with E-state index in [4.69, 9.17) is 23.2 Å². The number of aliphatic hydroxyl groups excluding tert-OH is 1. The van der Waals surface area contributed by atoms with Gasteiger partial charge in [0.1, 0.15) is 0 Å². The summed E-state index contributed by atoms with van der Waals surface area (Å²) >= 11 is 12.6. The molecule has 1 saturated heterocycles. The topological polar surface area (TPSA) is 28.4 Å². The molecular formula is C25H30Cl2N2O. The molecule has 160 valence electrons. The van der Waals surface area contributed by atoms with Crippen LogP contribution in [-0.4, -0.2) is 39.8 Å². The Bertz CT molecular complexity index is 1060. The summed E-state index contributed by atoms with van der Waals surface area (Å²) in [6.07, 6.45) is 3.33. The Hall–Kier alpha value is -1.26. The van der Waals surface area contributed by atoms with Crippen molar-refractivity contribution in [3.63, 3.8) is 0 Å². The lowest BCUT2D eigenvalue weighted by Crippen LogP contribution is -2.39. The van der Waals surface area contributed by atoms with Crippen LogP contribution >= 0.6 is 23.2 Å². The third-order valence-corrected chi connectivity index (χ3v) is 7.62. The molecule has 2 heterocycles. The van der Waals surface area contributed by atoms with Gasteiger partial charge in [-0.2, -0.15) is 0 Å². The van der Waals surface area contributed by atoms with E-state index in [2.05, 4.69) is 30.2 Å². The van der Waals surface area contributed by atoms with E-state index in [0.29, 0.717) is 33.5 Å². The van der Waals surface area contributed by atoms with Gasteiger partial charge >= 0.3 is 0 Å². The highest BCUT2D eigenvalue weighted by atomic mass is 35.5. The number of rotatable bonds is 4. The van der Waals surface area contributed by atoms with E-state index < -0.39 is 6.10 Å². The van der Waals surface area contributed by atoms with Crippen LogP contribution in [0, 0.1) is 10.8 Å². The number of hydrogen-bond acceptors (Lipinski definition) is 2. The lowest BCUT2D eigenvalue weighted by Gasteiger charge is -2.40. The Morgan fingerprint density at radius 1 is 0.967 bits per heavy atom. The van der Waals surface area contributed by atoms with Crippen molar-refractivity contribution in [1.82, 2.24) is 9.47 Å². The number of fused-ring (bicyclic) bond motifs is 5. The van der Waals surface area contributed by atoms with Crippen LogP contribution in [0.25, 0.3) is 21.8 Å². The van der Waals surface area contributed by atoms with Crippen LogP contribution < -0.4 is 0 Å². The minimum atomic E-state index is -0.429. The van der Waals surface area contributed by atoms with Gasteiger partial charge < -0.3 is 9.67 Å². The number of nitrogens with zero attached hydrogens (tertiary/aromatic N) is 2. The smallest absolute Gasteiger partial charge is 0.0846 e. The van der Waals surface area contributed by atoms with Crippen molar-refractivity contribution in [3.8, 4) is 0 Å². The van der Waals surface area contributed by atoms with Crippen molar-refractivity contribution in [2.75, 3.05) is 13.1 Å². The molecule has 0 unspecified atom stereocenters. The highest BCUT2D eigenvalue weighted by Gasteiger charge is 2.49. The minimum absolute atomic E-state index is 0.381. The lowest BCUT2D eigenvalue weighted by molar-refractivity contribution is 0.0833. The third-order valence-electron chi connectivity index (χ3n) is 7.15. The maximum absolute atomic E-state index is 11.1. The highest BCUT2D eigenvalue weighted by molar-refractivity contribution is 6.33. The first-order valence-corrected chi connectivity index (χ1v) is 11.7. The summed E-state index contributed by atoms with van der Waals surface area (Å²) < 4.78 is 2.22. The molecule has 3 aromatic rings. The van der Waals surface area contributed by atoms with E-state index in [9.17, 15) is 5.11 Å². The standard InChI is InChI=1S/C25H30Cl2N2O/c1-24(2)10-18-11-25(3,14-24)15-28(18)12-19(30)13-29-22-6-4-16(26)8-20(22)21-9-17(27)5-7-23(21)29/h4-9,18-19,30H,10-15H2,1-3H3/t18-,19-,25+/m0/s1. The summed E-state index contributed by atoms with van der Waals surface area (Å²) in [5, 5.41) is 14.7. The number of aliphatic hydroxyl groups is 1. The summed E-state index contributed by atoms with van der Waals surface area (Å²) in [5.74, 6) is 0. The van der Waals surface area contributed by atoms with Crippen molar-refractivity contribution in [2.24, 2.45) is 10.8 Å². The molecule has 5 rings (SSSR count). The Morgan fingerprint density at radius 3 is 2.17 bits per heavy atom. The second kappa shape index (κ2) is 7.13. The van der Waals surface area contributed by atoms with Crippen molar-refractivity contribution >= 4 is 45.0 Å². The second-order valence-electron chi connectivity index (χ2n) is 10.7. The molecular weight excluding hydrogens is 415 g/mol. The molecule has 5 heteroatoms. The SMILES string of the molecule is CC1(C)C[C@H]2C[C@@](C)(CN2C[C@H](O)Cn2c3ccc(Cl)cc3c3cc(Cl)ccc32)C1. The second-order valence-corrected chi connectivity index (χ2v) is 11.6. The van der Waals surface area contributed by atoms with E-state index in [-0.39, 0.29) is 0 Å². The van der Waals surface area contributed by atoms with Crippen LogP contribution in [0.2, 0.25) is 10.0 Å². The van der Waals surface area contributed by atoms with Crippen molar-refractivity contribution < 1.29 is 5.11 Å². The molecule has 0 spiro atoms. The minimum Gasteiger partial charge on any atom is -0.390 e. The fourth-order valence-electron chi connectivity index (χ4n) is 6.57. The third kappa shape index (κ3) is 3.64. The van der Waals surface area contributed by atoms with Crippen LogP contribution in [0.15, 0.2) is 36.4 Å². The number of hydrogen-bond donors (Lipinski definition) is 1. The Labute approximate surface area is 188 Å². The lowest BCUT2D eigenvalue weighted by atomic mass is 9.65. The molecule has 1 aliphatic carbocycles. The summed E-state index contributed by atoms with van der Waals surface area (Å²) in [7, 11) is 0. The van der Waals surface area contributed by atoms with E-state index in [1.54, 1.807) is 0 Å². The molecule has 1 saturated carbocycles. The van der Waals surface area contributed by atoms with Gasteiger partial charge in [-0.1, -0.05) is 44.0 Å². The highest BCUT2D eigenvalue weighted by Crippen LogP contribution is 2.52. The average Bonchev–Trinajstić information content (AvgIpc) is 3.04. The maximum atomic E-state index is 11.1. The van der Waals surface area contributed by atoms with Gasteiger partial charge in [0.15, 0.2) is 0 Å². The molecule has 1 N–H and O–H groups in total. The average molecular weight is 445 g/mol. The van der Waals surface area contributed by atoms with Crippen LogP contribution in [0.5, 0.6) is 0 Å². The predicted octanol–water partition coefficient (Wildman–Crippen LogP) is 6.36. The molecule has 2 bridgehead atoms. The summed E-state index contributed by atoms with van der Waals surface area (Å²) in [6.45, 7) is 9.59. The molecule has 30 heavy (non-hydrogen) atoms. The number of halogens is 2. The molecule has 3 atom stereocenters. The maximum Gasteiger partial charge on any atom is 0.0846 e. The zero-order valence-electron chi connectivity index (χ0n) is 18.0. The summed E-state index contributed by atoms with van der Waals surface area (Å²) in [6, 6.07) is 12.5. The number of benzene rings is 2.